The van der Waals surface area contributed by atoms with Gasteiger partial charge in [-0.2, -0.15) is 0 Å². The van der Waals surface area contributed by atoms with E-state index in [1.54, 1.807) is 7.11 Å². The van der Waals surface area contributed by atoms with E-state index in [2.05, 4.69) is 141 Å². The van der Waals surface area contributed by atoms with Gasteiger partial charge in [-0.15, -0.1) is 0 Å². The molecule has 0 saturated carbocycles. The predicted octanol–water partition coefficient (Wildman–Crippen LogP) is 13.1. The highest BCUT2D eigenvalue weighted by Crippen LogP contribution is 2.60. The van der Waals surface area contributed by atoms with Crippen molar-refractivity contribution < 1.29 is 9.47 Å². The van der Waals surface area contributed by atoms with Crippen molar-refractivity contribution in [2.45, 2.75) is 37.7 Å². The van der Waals surface area contributed by atoms with Crippen LogP contribution in [0.4, 0.5) is 0 Å². The first-order valence-corrected chi connectivity index (χ1v) is 19.9. The molecule has 7 aromatic carbocycles. The average molecular weight is 739 g/mol. The normalized spacial score (nSPS) is 16.1. The summed E-state index contributed by atoms with van der Waals surface area (Å²) in [5.74, 6) is 2.41. The van der Waals surface area contributed by atoms with Gasteiger partial charge in [0, 0.05) is 44.2 Å². The van der Waals surface area contributed by atoms with Crippen molar-refractivity contribution in [3.05, 3.63) is 198 Å². The van der Waals surface area contributed by atoms with E-state index < -0.39 is 5.60 Å². The van der Waals surface area contributed by atoms with Gasteiger partial charge in [-0.1, -0.05) is 166 Å². The fourth-order valence-electron chi connectivity index (χ4n) is 9.38. The zero-order chi connectivity index (χ0) is 38.6. The summed E-state index contributed by atoms with van der Waals surface area (Å²) < 4.78 is 13.2. The van der Waals surface area contributed by atoms with Crippen LogP contribution in [0.25, 0.3) is 61.9 Å². The molecule has 276 valence electrons. The molecule has 0 amide bonds. The largest absolute Gasteiger partial charge is 0.497 e. The van der Waals surface area contributed by atoms with E-state index in [1.165, 1.54) is 33.2 Å². The fraction of sp³-hybridized carbons (Fsp3) is 0.132. The summed E-state index contributed by atoms with van der Waals surface area (Å²) in [6.45, 7) is 4.66. The van der Waals surface area contributed by atoms with Gasteiger partial charge in [0.1, 0.15) is 11.5 Å². The molecule has 1 aliphatic heterocycles. The Kier molecular flexibility index (Phi) is 8.37. The number of aromatic nitrogens is 2. The minimum Gasteiger partial charge on any atom is -0.497 e. The molecule has 1 aromatic heterocycles. The Morgan fingerprint density at radius 3 is 1.79 bits per heavy atom. The van der Waals surface area contributed by atoms with Gasteiger partial charge in [0.25, 0.3) is 0 Å². The van der Waals surface area contributed by atoms with Crippen molar-refractivity contribution in [1.82, 2.24) is 9.97 Å². The molecule has 4 heteroatoms. The first-order valence-electron chi connectivity index (χ1n) is 19.9. The monoisotopic (exact) mass is 738 g/mol. The van der Waals surface area contributed by atoms with Crippen LogP contribution in [0.15, 0.2) is 170 Å². The zero-order valence-corrected chi connectivity index (χ0v) is 32.4. The number of methoxy groups -OCH3 is 1. The first-order chi connectivity index (χ1) is 28.1. The lowest BCUT2D eigenvalue weighted by atomic mass is 9.71. The lowest BCUT2D eigenvalue weighted by Gasteiger charge is -2.39. The standard InChI is InChI=1S/C53H42N2O2/c1-4-52(5-2)45-23-15-14-22-43(45)48-41-20-12-13-21-42(41)50-44(49(48)52)32-33-53(57-50,39-28-30-40(56-3)31-29-39)38-26-24-36(25-27-38)47-34-46(35-16-8-6-9-17-35)54-51(55-47)37-18-10-7-11-19-37/h6-34H,4-5H2,1-3H3. The summed E-state index contributed by atoms with van der Waals surface area (Å²) in [7, 11) is 1.70. The summed E-state index contributed by atoms with van der Waals surface area (Å²) in [6, 6.07) is 57.4. The maximum absolute atomic E-state index is 7.63. The van der Waals surface area contributed by atoms with E-state index in [1.807, 2.05) is 48.5 Å². The molecule has 2 heterocycles. The number of benzene rings is 7. The Morgan fingerprint density at radius 2 is 1.14 bits per heavy atom. The molecule has 0 saturated heterocycles. The van der Waals surface area contributed by atoms with Crippen molar-refractivity contribution in [1.29, 1.82) is 0 Å². The molecule has 0 N–H and O–H groups in total. The topological polar surface area (TPSA) is 44.2 Å². The third-order valence-corrected chi connectivity index (χ3v) is 12.3. The third kappa shape index (κ3) is 5.43. The number of fused-ring (bicyclic) bond motifs is 8. The zero-order valence-electron chi connectivity index (χ0n) is 32.4. The number of ether oxygens (including phenoxy) is 2. The highest BCUT2D eigenvalue weighted by molar-refractivity contribution is 6.08. The molecule has 0 fully saturated rings. The Balaban J connectivity index is 1.15. The van der Waals surface area contributed by atoms with Crippen molar-refractivity contribution in [3.63, 3.8) is 0 Å². The third-order valence-electron chi connectivity index (χ3n) is 12.3. The van der Waals surface area contributed by atoms with Gasteiger partial charge in [0.05, 0.1) is 18.5 Å². The second kappa shape index (κ2) is 13.8. The summed E-state index contributed by atoms with van der Waals surface area (Å²) in [6.07, 6.45) is 6.61. The molecule has 10 rings (SSSR count). The Hall–Kier alpha value is -6.78. The number of hydrogen-bond acceptors (Lipinski definition) is 4. The number of hydrogen-bond donors (Lipinski definition) is 0. The molecule has 4 nitrogen and oxygen atoms in total. The van der Waals surface area contributed by atoms with Gasteiger partial charge in [0.2, 0.25) is 0 Å². The Bertz CT molecular complexity index is 2750. The Labute approximate surface area is 334 Å². The number of rotatable bonds is 8. The van der Waals surface area contributed by atoms with Crippen LogP contribution >= 0.6 is 0 Å². The molecule has 1 atom stereocenters. The van der Waals surface area contributed by atoms with Crippen LogP contribution < -0.4 is 9.47 Å². The second-order valence-corrected chi connectivity index (χ2v) is 15.0. The van der Waals surface area contributed by atoms with E-state index in [-0.39, 0.29) is 5.41 Å². The maximum atomic E-state index is 7.63. The van der Waals surface area contributed by atoms with Crippen LogP contribution in [0.1, 0.15) is 54.5 Å². The van der Waals surface area contributed by atoms with Crippen molar-refractivity contribution in [3.8, 4) is 56.5 Å². The molecular weight excluding hydrogens is 697 g/mol. The molecule has 1 unspecified atom stereocenters. The molecule has 1 aliphatic carbocycles. The Morgan fingerprint density at radius 1 is 0.579 bits per heavy atom. The van der Waals surface area contributed by atoms with Gasteiger partial charge in [-0.25, -0.2) is 9.97 Å². The van der Waals surface area contributed by atoms with Gasteiger partial charge in [-0.05, 0) is 64.8 Å². The van der Waals surface area contributed by atoms with Crippen LogP contribution in [0, 0.1) is 0 Å². The quantitative estimate of drug-likeness (QED) is 0.156. The first kappa shape index (κ1) is 34.7. The van der Waals surface area contributed by atoms with Crippen molar-refractivity contribution >= 4 is 16.8 Å². The number of nitrogens with zero attached hydrogens (tertiary/aromatic N) is 2. The lowest BCUT2D eigenvalue weighted by Crippen LogP contribution is -2.35. The van der Waals surface area contributed by atoms with E-state index in [0.29, 0.717) is 5.82 Å². The molecular formula is C53H42N2O2. The lowest BCUT2D eigenvalue weighted by molar-refractivity contribution is 0.163. The van der Waals surface area contributed by atoms with Crippen molar-refractivity contribution in [2.75, 3.05) is 7.11 Å². The highest BCUT2D eigenvalue weighted by Gasteiger charge is 2.46. The molecule has 2 aliphatic rings. The smallest absolute Gasteiger partial charge is 0.178 e. The van der Waals surface area contributed by atoms with Crippen LogP contribution in [-0.4, -0.2) is 17.1 Å². The van der Waals surface area contributed by atoms with Crippen LogP contribution in [0.5, 0.6) is 11.5 Å². The molecule has 0 spiro atoms. The van der Waals surface area contributed by atoms with Crippen LogP contribution in [0.2, 0.25) is 0 Å². The van der Waals surface area contributed by atoms with E-state index in [4.69, 9.17) is 19.4 Å². The average Bonchev–Trinajstić information content (AvgIpc) is 3.60. The van der Waals surface area contributed by atoms with E-state index in [0.717, 1.165) is 68.9 Å². The predicted molar refractivity (Wildman–Crippen MR) is 233 cm³/mol. The summed E-state index contributed by atoms with van der Waals surface area (Å²) in [5, 5.41) is 2.34. The molecule has 0 radical (unpaired) electrons. The SMILES string of the molecule is CCC1(CC)c2ccccc2-c2c1c1c(c3ccccc23)OC(c2ccc(OC)cc2)(c2ccc(-c3cc(-c4ccccc4)nc(-c4ccccc4)n3)cc2)C=C1. The molecule has 57 heavy (non-hydrogen) atoms. The summed E-state index contributed by atoms with van der Waals surface area (Å²) in [4.78, 5) is 10.1. The maximum Gasteiger partial charge on any atom is 0.178 e. The van der Waals surface area contributed by atoms with Gasteiger partial charge in [0.15, 0.2) is 11.4 Å². The second-order valence-electron chi connectivity index (χ2n) is 15.0. The fourth-order valence-corrected chi connectivity index (χ4v) is 9.38. The minimum atomic E-state index is -0.919. The van der Waals surface area contributed by atoms with Gasteiger partial charge >= 0.3 is 0 Å². The molecule has 0 bridgehead atoms. The van der Waals surface area contributed by atoms with Crippen LogP contribution in [0.3, 0.4) is 0 Å². The van der Waals surface area contributed by atoms with E-state index in [9.17, 15) is 0 Å². The molecule has 8 aromatic rings. The highest BCUT2D eigenvalue weighted by atomic mass is 16.5. The van der Waals surface area contributed by atoms with Crippen LogP contribution in [-0.2, 0) is 11.0 Å². The van der Waals surface area contributed by atoms with E-state index >= 15 is 0 Å². The van der Waals surface area contributed by atoms with Gasteiger partial charge < -0.3 is 9.47 Å². The van der Waals surface area contributed by atoms with Gasteiger partial charge in [-0.3, -0.25) is 0 Å². The minimum absolute atomic E-state index is 0.121. The van der Waals surface area contributed by atoms with Crippen molar-refractivity contribution in [2.24, 2.45) is 0 Å². The summed E-state index contributed by atoms with van der Waals surface area (Å²) >= 11 is 0. The summed E-state index contributed by atoms with van der Waals surface area (Å²) in [5.41, 5.74) is 12.4.